The summed E-state index contributed by atoms with van der Waals surface area (Å²) in [6.07, 6.45) is 0. The van der Waals surface area contributed by atoms with Gasteiger partial charge in [0.1, 0.15) is 0 Å². The normalized spacial score (nSPS) is 9.62. The van der Waals surface area contributed by atoms with E-state index in [1.807, 2.05) is 24.3 Å². The monoisotopic (exact) mass is 195 g/mol. The van der Waals surface area contributed by atoms with Crippen LogP contribution in [-0.2, 0) is 12.3 Å². The Kier molecular flexibility index (Phi) is 3.64. The fraction of sp³-hybridized carbons (Fsp3) is 0.222. The molecule has 0 atom stereocenters. The van der Waals surface area contributed by atoms with E-state index in [0.29, 0.717) is 6.54 Å². The van der Waals surface area contributed by atoms with Crippen LogP contribution in [-0.4, -0.2) is 5.96 Å². The summed E-state index contributed by atoms with van der Waals surface area (Å²) >= 11 is 4.16. The minimum Gasteiger partial charge on any atom is -0.370 e. The SMILES string of the molecule is NC(N)=NCc1ccc(CS)cc1. The number of hydrogen-bond donors (Lipinski definition) is 3. The second kappa shape index (κ2) is 4.77. The van der Waals surface area contributed by atoms with Crippen LogP contribution in [0.1, 0.15) is 11.1 Å². The Bertz CT molecular complexity index is 288. The second-order valence-corrected chi connectivity index (χ2v) is 3.03. The molecule has 1 rings (SSSR count). The number of guanidine groups is 1. The summed E-state index contributed by atoms with van der Waals surface area (Å²) in [5.74, 6) is 0.876. The summed E-state index contributed by atoms with van der Waals surface area (Å²) in [7, 11) is 0. The lowest BCUT2D eigenvalue weighted by molar-refractivity contribution is 1.05. The van der Waals surface area contributed by atoms with E-state index in [9.17, 15) is 0 Å². The highest BCUT2D eigenvalue weighted by Gasteiger charge is 1.92. The largest absolute Gasteiger partial charge is 0.370 e. The van der Waals surface area contributed by atoms with Gasteiger partial charge in [-0.15, -0.1) is 0 Å². The Labute approximate surface area is 83.3 Å². The molecule has 0 aliphatic rings. The Morgan fingerprint density at radius 2 is 1.69 bits per heavy atom. The Morgan fingerprint density at radius 3 is 2.15 bits per heavy atom. The van der Waals surface area contributed by atoms with Crippen molar-refractivity contribution in [2.24, 2.45) is 16.5 Å². The smallest absolute Gasteiger partial charge is 0.186 e. The molecule has 0 radical (unpaired) electrons. The van der Waals surface area contributed by atoms with Gasteiger partial charge in [-0.25, -0.2) is 4.99 Å². The van der Waals surface area contributed by atoms with Crippen LogP contribution in [0.4, 0.5) is 0 Å². The van der Waals surface area contributed by atoms with Crippen molar-refractivity contribution >= 4 is 18.6 Å². The van der Waals surface area contributed by atoms with Crippen molar-refractivity contribution in [3.05, 3.63) is 35.4 Å². The molecule has 1 aromatic rings. The van der Waals surface area contributed by atoms with Crippen molar-refractivity contribution in [2.45, 2.75) is 12.3 Å². The third-order valence-electron chi connectivity index (χ3n) is 1.65. The van der Waals surface area contributed by atoms with E-state index in [-0.39, 0.29) is 5.96 Å². The summed E-state index contributed by atoms with van der Waals surface area (Å²) in [4.78, 5) is 3.90. The maximum Gasteiger partial charge on any atom is 0.186 e. The summed E-state index contributed by atoms with van der Waals surface area (Å²) in [5.41, 5.74) is 12.7. The van der Waals surface area contributed by atoms with Crippen LogP contribution >= 0.6 is 12.6 Å². The van der Waals surface area contributed by atoms with E-state index in [1.165, 1.54) is 5.56 Å². The summed E-state index contributed by atoms with van der Waals surface area (Å²) in [6.45, 7) is 0.537. The molecule has 0 fully saturated rings. The minimum absolute atomic E-state index is 0.123. The van der Waals surface area contributed by atoms with Crippen LogP contribution in [0.15, 0.2) is 29.3 Å². The number of rotatable bonds is 3. The molecule has 13 heavy (non-hydrogen) atoms. The molecule has 0 saturated carbocycles. The Balaban J connectivity index is 2.64. The predicted octanol–water partition coefficient (Wildman–Crippen LogP) is 0.890. The van der Waals surface area contributed by atoms with Gasteiger partial charge in [-0.1, -0.05) is 24.3 Å². The van der Waals surface area contributed by atoms with Crippen LogP contribution in [0, 0.1) is 0 Å². The average molecular weight is 195 g/mol. The number of hydrogen-bond acceptors (Lipinski definition) is 2. The maximum atomic E-state index is 5.21. The van der Waals surface area contributed by atoms with Gasteiger partial charge >= 0.3 is 0 Å². The first kappa shape index (κ1) is 9.92. The van der Waals surface area contributed by atoms with Gasteiger partial charge < -0.3 is 11.5 Å². The van der Waals surface area contributed by atoms with Crippen molar-refractivity contribution in [2.75, 3.05) is 0 Å². The van der Waals surface area contributed by atoms with Crippen molar-refractivity contribution < 1.29 is 0 Å². The molecular weight excluding hydrogens is 182 g/mol. The lowest BCUT2D eigenvalue weighted by Crippen LogP contribution is -2.22. The van der Waals surface area contributed by atoms with Crippen LogP contribution in [0.5, 0.6) is 0 Å². The maximum absolute atomic E-state index is 5.21. The Hall–Kier alpha value is -1.16. The van der Waals surface area contributed by atoms with E-state index in [1.54, 1.807) is 0 Å². The van der Waals surface area contributed by atoms with E-state index in [4.69, 9.17) is 11.5 Å². The second-order valence-electron chi connectivity index (χ2n) is 2.72. The zero-order chi connectivity index (χ0) is 9.68. The van der Waals surface area contributed by atoms with E-state index >= 15 is 0 Å². The lowest BCUT2D eigenvalue weighted by atomic mass is 10.1. The molecule has 0 heterocycles. The summed E-state index contributed by atoms with van der Waals surface area (Å²) in [5, 5.41) is 0. The highest BCUT2D eigenvalue weighted by Crippen LogP contribution is 2.07. The Morgan fingerprint density at radius 1 is 1.15 bits per heavy atom. The molecule has 0 spiro atoms. The average Bonchev–Trinajstić information content (AvgIpc) is 2.15. The molecule has 0 unspecified atom stereocenters. The van der Waals surface area contributed by atoms with Crippen molar-refractivity contribution in [1.29, 1.82) is 0 Å². The quantitative estimate of drug-likeness (QED) is 0.381. The molecule has 0 aliphatic carbocycles. The molecule has 1 aromatic carbocycles. The van der Waals surface area contributed by atoms with Gasteiger partial charge in [0.15, 0.2) is 5.96 Å². The summed E-state index contributed by atoms with van der Waals surface area (Å²) < 4.78 is 0. The lowest BCUT2D eigenvalue weighted by Gasteiger charge is -1.99. The number of nitrogens with zero attached hydrogens (tertiary/aromatic N) is 1. The van der Waals surface area contributed by atoms with Crippen LogP contribution in [0.2, 0.25) is 0 Å². The number of aliphatic imine (C=N–C) groups is 1. The topological polar surface area (TPSA) is 64.4 Å². The molecule has 0 saturated heterocycles. The molecule has 0 amide bonds. The molecule has 4 heteroatoms. The molecule has 70 valence electrons. The van der Waals surface area contributed by atoms with Crippen molar-refractivity contribution in [3.8, 4) is 0 Å². The van der Waals surface area contributed by atoms with Crippen molar-refractivity contribution in [1.82, 2.24) is 0 Å². The van der Waals surface area contributed by atoms with Crippen molar-refractivity contribution in [3.63, 3.8) is 0 Å². The fourth-order valence-electron chi connectivity index (χ4n) is 0.933. The first-order valence-electron chi connectivity index (χ1n) is 3.96. The summed E-state index contributed by atoms with van der Waals surface area (Å²) in [6, 6.07) is 8.03. The molecule has 3 nitrogen and oxygen atoms in total. The fourth-order valence-corrected chi connectivity index (χ4v) is 1.14. The molecule has 4 N–H and O–H groups in total. The standard InChI is InChI=1S/C9H13N3S/c10-9(11)12-5-7-1-3-8(6-13)4-2-7/h1-4,13H,5-6H2,(H4,10,11,12). The molecule has 0 aromatic heterocycles. The molecule has 0 aliphatic heterocycles. The highest BCUT2D eigenvalue weighted by atomic mass is 32.1. The number of nitrogens with two attached hydrogens (primary N) is 2. The zero-order valence-corrected chi connectivity index (χ0v) is 8.17. The number of thiol groups is 1. The first-order valence-corrected chi connectivity index (χ1v) is 4.59. The van der Waals surface area contributed by atoms with Crippen LogP contribution in [0.25, 0.3) is 0 Å². The van der Waals surface area contributed by atoms with Crippen LogP contribution < -0.4 is 11.5 Å². The van der Waals surface area contributed by atoms with Gasteiger partial charge in [0, 0.05) is 5.75 Å². The van der Waals surface area contributed by atoms with Crippen LogP contribution in [0.3, 0.4) is 0 Å². The van der Waals surface area contributed by atoms with Gasteiger partial charge in [0.2, 0.25) is 0 Å². The third kappa shape index (κ3) is 3.38. The predicted molar refractivity (Wildman–Crippen MR) is 58.6 cm³/mol. The molecule has 0 bridgehead atoms. The van der Waals surface area contributed by atoms with Gasteiger partial charge in [-0.3, -0.25) is 0 Å². The highest BCUT2D eigenvalue weighted by molar-refractivity contribution is 7.79. The first-order chi connectivity index (χ1) is 6.22. The third-order valence-corrected chi connectivity index (χ3v) is 2.01. The van der Waals surface area contributed by atoms with E-state index < -0.39 is 0 Å². The van der Waals surface area contributed by atoms with E-state index in [0.717, 1.165) is 11.3 Å². The van der Waals surface area contributed by atoms with Gasteiger partial charge in [-0.05, 0) is 11.1 Å². The van der Waals surface area contributed by atoms with Gasteiger partial charge in [-0.2, -0.15) is 12.6 Å². The minimum atomic E-state index is 0.123. The zero-order valence-electron chi connectivity index (χ0n) is 7.27. The van der Waals surface area contributed by atoms with Gasteiger partial charge in [0.05, 0.1) is 6.54 Å². The number of benzene rings is 1. The molecular formula is C9H13N3S. The van der Waals surface area contributed by atoms with Gasteiger partial charge in [0.25, 0.3) is 0 Å². The van der Waals surface area contributed by atoms with E-state index in [2.05, 4.69) is 17.6 Å².